The molecule has 0 spiro atoms. The smallest absolute Gasteiger partial charge is 0.341 e. The summed E-state index contributed by atoms with van der Waals surface area (Å²) in [5, 5.41) is 9.88. The number of aromatic amines is 1. The lowest BCUT2D eigenvalue weighted by molar-refractivity contribution is 0.0601. The lowest BCUT2D eigenvalue weighted by atomic mass is 10.2. The van der Waals surface area contributed by atoms with Crippen LogP contribution in [0.4, 0.5) is 5.82 Å². The van der Waals surface area contributed by atoms with E-state index in [0.29, 0.717) is 17.9 Å². The third-order valence-corrected chi connectivity index (χ3v) is 2.59. The summed E-state index contributed by atoms with van der Waals surface area (Å²) < 4.78 is 4.70. The summed E-state index contributed by atoms with van der Waals surface area (Å²) in [6.45, 7) is 2.48. The van der Waals surface area contributed by atoms with Crippen molar-refractivity contribution in [2.24, 2.45) is 0 Å². The normalized spacial score (nSPS) is 10.1. The Balaban J connectivity index is 2.14. The molecule has 0 saturated heterocycles. The predicted molar refractivity (Wildman–Crippen MR) is 66.2 cm³/mol. The first-order chi connectivity index (χ1) is 8.72. The number of aromatic nitrogens is 3. The molecule has 0 bridgehead atoms. The molecule has 0 radical (unpaired) electrons. The maximum Gasteiger partial charge on any atom is 0.341 e. The molecule has 0 amide bonds. The number of hydrogen-bond acceptors (Lipinski definition) is 5. The van der Waals surface area contributed by atoms with Gasteiger partial charge in [0.1, 0.15) is 11.4 Å². The van der Waals surface area contributed by atoms with Crippen LogP contribution in [0.2, 0.25) is 0 Å². The minimum atomic E-state index is -0.408. The third-order valence-electron chi connectivity index (χ3n) is 2.59. The molecule has 6 heteroatoms. The number of nitrogens with zero attached hydrogens (tertiary/aromatic N) is 2. The highest BCUT2D eigenvalue weighted by Crippen LogP contribution is 2.14. The van der Waals surface area contributed by atoms with Crippen LogP contribution in [0, 0.1) is 6.92 Å². The van der Waals surface area contributed by atoms with Crippen molar-refractivity contribution in [3.8, 4) is 0 Å². The van der Waals surface area contributed by atoms with Crippen LogP contribution in [0.1, 0.15) is 21.6 Å². The molecule has 0 aliphatic rings. The standard InChI is InChI=1S/C12H14N4O2/c1-8-9(7-15-16-8)6-14-11-10(12(17)18-2)4-3-5-13-11/h3-5,7H,6H2,1-2H3,(H,13,14)(H,15,16). The van der Waals surface area contributed by atoms with E-state index in [9.17, 15) is 4.79 Å². The monoisotopic (exact) mass is 246 g/mol. The Kier molecular flexibility index (Phi) is 3.57. The molecule has 18 heavy (non-hydrogen) atoms. The Hall–Kier alpha value is -2.37. The van der Waals surface area contributed by atoms with Crippen LogP contribution in [0.25, 0.3) is 0 Å². The van der Waals surface area contributed by atoms with Crippen molar-refractivity contribution in [1.29, 1.82) is 0 Å². The fraction of sp³-hybridized carbons (Fsp3) is 0.250. The number of anilines is 1. The molecule has 0 aliphatic heterocycles. The van der Waals surface area contributed by atoms with Crippen LogP contribution in [-0.4, -0.2) is 28.3 Å². The summed E-state index contributed by atoms with van der Waals surface area (Å²) in [6, 6.07) is 3.37. The topological polar surface area (TPSA) is 79.9 Å². The van der Waals surface area contributed by atoms with Gasteiger partial charge in [0.2, 0.25) is 0 Å². The van der Waals surface area contributed by atoms with Gasteiger partial charge >= 0.3 is 5.97 Å². The van der Waals surface area contributed by atoms with Crippen molar-refractivity contribution in [3.63, 3.8) is 0 Å². The van der Waals surface area contributed by atoms with Crippen molar-refractivity contribution in [2.75, 3.05) is 12.4 Å². The second kappa shape index (κ2) is 5.31. The van der Waals surface area contributed by atoms with Gasteiger partial charge < -0.3 is 10.1 Å². The maximum absolute atomic E-state index is 11.5. The zero-order valence-electron chi connectivity index (χ0n) is 10.2. The number of ether oxygens (including phenoxy) is 1. The summed E-state index contributed by atoms with van der Waals surface area (Å²) >= 11 is 0. The third kappa shape index (κ3) is 2.48. The lowest BCUT2D eigenvalue weighted by Crippen LogP contribution is -2.09. The quantitative estimate of drug-likeness (QED) is 0.799. The molecule has 0 atom stereocenters. The van der Waals surface area contributed by atoms with E-state index in [4.69, 9.17) is 4.74 Å². The molecule has 2 N–H and O–H groups in total. The average molecular weight is 246 g/mol. The van der Waals surface area contributed by atoms with E-state index >= 15 is 0 Å². The first-order valence-corrected chi connectivity index (χ1v) is 5.48. The van der Waals surface area contributed by atoms with Crippen molar-refractivity contribution >= 4 is 11.8 Å². The Morgan fingerprint density at radius 1 is 1.56 bits per heavy atom. The Morgan fingerprint density at radius 2 is 2.39 bits per heavy atom. The van der Waals surface area contributed by atoms with E-state index in [1.807, 2.05) is 6.92 Å². The van der Waals surface area contributed by atoms with E-state index < -0.39 is 5.97 Å². The molecular weight excluding hydrogens is 232 g/mol. The summed E-state index contributed by atoms with van der Waals surface area (Å²) in [5.74, 6) is 0.0967. The van der Waals surface area contributed by atoms with E-state index in [-0.39, 0.29) is 0 Å². The summed E-state index contributed by atoms with van der Waals surface area (Å²) in [7, 11) is 1.35. The largest absolute Gasteiger partial charge is 0.465 e. The van der Waals surface area contributed by atoms with Crippen LogP contribution in [0.3, 0.4) is 0 Å². The Bertz CT molecular complexity index is 551. The van der Waals surface area contributed by atoms with Crippen molar-refractivity contribution < 1.29 is 9.53 Å². The second-order valence-corrected chi connectivity index (χ2v) is 3.76. The van der Waals surface area contributed by atoms with Crippen LogP contribution in [0.15, 0.2) is 24.5 Å². The Labute approximate surface area is 104 Å². The molecule has 0 saturated carbocycles. The summed E-state index contributed by atoms with van der Waals surface area (Å²) in [6.07, 6.45) is 3.36. The van der Waals surface area contributed by atoms with Gasteiger partial charge in [-0.15, -0.1) is 0 Å². The number of carbonyl (C=O) groups excluding carboxylic acids is 1. The molecular formula is C12H14N4O2. The van der Waals surface area contributed by atoms with E-state index in [1.165, 1.54) is 7.11 Å². The van der Waals surface area contributed by atoms with Gasteiger partial charge in [-0.05, 0) is 19.1 Å². The van der Waals surface area contributed by atoms with Gasteiger partial charge in [-0.25, -0.2) is 9.78 Å². The number of carbonyl (C=O) groups is 1. The zero-order chi connectivity index (χ0) is 13.0. The van der Waals surface area contributed by atoms with Crippen LogP contribution >= 0.6 is 0 Å². The summed E-state index contributed by atoms with van der Waals surface area (Å²) in [5.41, 5.74) is 2.43. The van der Waals surface area contributed by atoms with Gasteiger partial charge in [-0.1, -0.05) is 0 Å². The number of H-pyrrole nitrogens is 1. The number of methoxy groups -OCH3 is 1. The van der Waals surface area contributed by atoms with E-state index in [1.54, 1.807) is 24.5 Å². The number of hydrogen-bond donors (Lipinski definition) is 2. The number of rotatable bonds is 4. The van der Waals surface area contributed by atoms with Gasteiger partial charge in [0, 0.05) is 24.0 Å². The molecule has 0 fully saturated rings. The highest BCUT2D eigenvalue weighted by atomic mass is 16.5. The fourth-order valence-corrected chi connectivity index (χ4v) is 1.55. The molecule has 0 unspecified atom stereocenters. The minimum absolute atomic E-state index is 0.408. The molecule has 2 heterocycles. The van der Waals surface area contributed by atoms with Gasteiger partial charge in [0.15, 0.2) is 0 Å². The molecule has 0 aliphatic carbocycles. The number of aryl methyl sites for hydroxylation is 1. The second-order valence-electron chi connectivity index (χ2n) is 3.76. The van der Waals surface area contributed by atoms with Crippen LogP contribution in [0.5, 0.6) is 0 Å². The van der Waals surface area contributed by atoms with E-state index in [0.717, 1.165) is 11.3 Å². The molecule has 6 nitrogen and oxygen atoms in total. The van der Waals surface area contributed by atoms with Crippen molar-refractivity contribution in [2.45, 2.75) is 13.5 Å². The van der Waals surface area contributed by atoms with Crippen molar-refractivity contribution in [3.05, 3.63) is 41.3 Å². The van der Waals surface area contributed by atoms with Gasteiger partial charge in [-0.2, -0.15) is 5.10 Å². The Morgan fingerprint density at radius 3 is 3.06 bits per heavy atom. The van der Waals surface area contributed by atoms with Crippen LogP contribution < -0.4 is 5.32 Å². The molecule has 0 aromatic carbocycles. The number of pyridine rings is 1. The number of nitrogens with one attached hydrogen (secondary N) is 2. The zero-order valence-corrected chi connectivity index (χ0v) is 10.2. The van der Waals surface area contributed by atoms with E-state index in [2.05, 4.69) is 20.5 Å². The van der Waals surface area contributed by atoms with Gasteiger partial charge in [-0.3, -0.25) is 5.10 Å². The molecule has 2 aromatic heterocycles. The highest BCUT2D eigenvalue weighted by molar-refractivity contribution is 5.94. The molecule has 2 aromatic rings. The minimum Gasteiger partial charge on any atom is -0.465 e. The number of esters is 1. The summed E-state index contributed by atoms with van der Waals surface area (Å²) in [4.78, 5) is 15.7. The first-order valence-electron chi connectivity index (χ1n) is 5.48. The van der Waals surface area contributed by atoms with Crippen molar-refractivity contribution in [1.82, 2.24) is 15.2 Å². The highest BCUT2D eigenvalue weighted by Gasteiger charge is 2.12. The van der Waals surface area contributed by atoms with Crippen LogP contribution in [-0.2, 0) is 11.3 Å². The predicted octanol–water partition coefficient (Wildman–Crippen LogP) is 1.51. The average Bonchev–Trinajstić information content (AvgIpc) is 2.81. The molecule has 2 rings (SSSR count). The SMILES string of the molecule is COC(=O)c1cccnc1NCc1cn[nH]c1C. The first kappa shape index (κ1) is 12.1. The van der Waals surface area contributed by atoms with Gasteiger partial charge in [0.25, 0.3) is 0 Å². The van der Waals surface area contributed by atoms with Gasteiger partial charge in [0.05, 0.1) is 13.3 Å². The lowest BCUT2D eigenvalue weighted by Gasteiger charge is -2.08. The maximum atomic E-state index is 11.5. The fourth-order valence-electron chi connectivity index (χ4n) is 1.55. The molecule has 94 valence electrons.